The first-order valence-electron chi connectivity index (χ1n) is 14.5. The Morgan fingerprint density at radius 1 is 0.870 bits per heavy atom. The van der Waals surface area contributed by atoms with Crippen LogP contribution in [-0.2, 0) is 38.1 Å². The van der Waals surface area contributed by atoms with Crippen LogP contribution >= 0.6 is 0 Å². The van der Waals surface area contributed by atoms with Crippen LogP contribution in [-0.4, -0.2) is 83.3 Å². The quantitative estimate of drug-likeness (QED) is 0.358. The summed E-state index contributed by atoms with van der Waals surface area (Å²) in [5.41, 5.74) is -4.42. The van der Waals surface area contributed by atoms with Gasteiger partial charge in [0, 0.05) is 23.5 Å². The van der Waals surface area contributed by atoms with Crippen molar-refractivity contribution in [1.82, 2.24) is 0 Å². The molecule has 0 spiro atoms. The van der Waals surface area contributed by atoms with Gasteiger partial charge >= 0.3 is 23.9 Å². The number of cyclic esters (lactones) is 2. The summed E-state index contributed by atoms with van der Waals surface area (Å²) in [6.45, 7) is 3.20. The summed E-state index contributed by atoms with van der Waals surface area (Å²) in [6, 6.07) is 3.92. The van der Waals surface area contributed by atoms with Gasteiger partial charge in [-0.05, 0) is 37.1 Å². The van der Waals surface area contributed by atoms with Gasteiger partial charge in [0.25, 0.3) is 0 Å². The van der Waals surface area contributed by atoms with Gasteiger partial charge in [-0.1, -0.05) is 6.92 Å². The molecule has 0 bridgehead atoms. The average molecular weight is 639 g/mol. The standard InChI is InChI=1S/C32H30O14/c1-13-9-19-25(18(35)11-31(45-19,29(39)41-3)20-7-8-21(36)43-20)26(38)23(13)15-5-6-16(33)24-17(34)12-32(30(40)42-4,46-27(15)24)28-14(2)10-22(37)44-28/h5-6,9,14,20,28,33,38H,7-8,10-12H2,1-4H3. The third-order valence-electron chi connectivity index (χ3n) is 9.04. The zero-order valence-electron chi connectivity index (χ0n) is 25.3. The normalized spacial score (nSPS) is 28.3. The minimum Gasteiger partial charge on any atom is -0.507 e. The van der Waals surface area contributed by atoms with Crippen LogP contribution in [0.3, 0.4) is 0 Å². The molecule has 5 atom stereocenters. The van der Waals surface area contributed by atoms with Crippen molar-refractivity contribution in [2.45, 2.75) is 69.4 Å². The van der Waals surface area contributed by atoms with E-state index in [1.54, 1.807) is 13.8 Å². The van der Waals surface area contributed by atoms with Crippen molar-refractivity contribution >= 4 is 35.4 Å². The molecular weight excluding hydrogens is 608 g/mol. The molecule has 14 heteroatoms. The molecule has 2 aromatic rings. The first kappa shape index (κ1) is 30.9. The van der Waals surface area contributed by atoms with Crippen LogP contribution in [0.1, 0.15) is 65.3 Å². The molecule has 14 nitrogen and oxygen atoms in total. The smallest absolute Gasteiger partial charge is 0.354 e. The van der Waals surface area contributed by atoms with E-state index in [1.807, 2.05) is 0 Å². The Balaban J connectivity index is 1.51. The Labute approximate surface area is 261 Å². The van der Waals surface area contributed by atoms with Gasteiger partial charge in [-0.2, -0.15) is 0 Å². The molecule has 46 heavy (non-hydrogen) atoms. The number of aryl methyl sites for hydroxylation is 1. The first-order chi connectivity index (χ1) is 21.8. The number of hydrogen-bond acceptors (Lipinski definition) is 14. The molecule has 0 aliphatic carbocycles. The minimum absolute atomic E-state index is 0.00487. The van der Waals surface area contributed by atoms with Gasteiger partial charge in [0.15, 0.2) is 23.8 Å². The van der Waals surface area contributed by atoms with Crippen molar-refractivity contribution in [3.8, 4) is 34.1 Å². The SMILES string of the molecule is COC(=O)C1(C2CCC(=O)O2)CC(=O)c2c(cc(C)c(-c3ccc(O)c4c3OC(C(=O)OC)(C3OC(=O)CC3C)CC4=O)c2O)O1. The van der Waals surface area contributed by atoms with E-state index in [4.69, 9.17) is 28.4 Å². The molecule has 4 heterocycles. The number of rotatable bonds is 5. The molecule has 6 rings (SSSR count). The first-order valence-corrected chi connectivity index (χ1v) is 14.5. The van der Waals surface area contributed by atoms with Crippen LogP contribution in [0.15, 0.2) is 18.2 Å². The zero-order chi connectivity index (χ0) is 33.3. The van der Waals surface area contributed by atoms with Crippen molar-refractivity contribution in [2.75, 3.05) is 14.2 Å². The molecule has 0 saturated carbocycles. The average Bonchev–Trinajstić information content (AvgIpc) is 3.60. The molecule has 0 radical (unpaired) electrons. The molecule has 2 aromatic carbocycles. The summed E-state index contributed by atoms with van der Waals surface area (Å²) in [5.74, 6) is -6.64. The molecule has 0 aromatic heterocycles. The fourth-order valence-corrected chi connectivity index (χ4v) is 6.95. The van der Waals surface area contributed by atoms with Crippen LogP contribution in [0.25, 0.3) is 11.1 Å². The lowest BCUT2D eigenvalue weighted by Crippen LogP contribution is -2.59. The van der Waals surface area contributed by atoms with E-state index in [0.717, 1.165) is 14.2 Å². The topological polar surface area (TPSA) is 198 Å². The second-order valence-corrected chi connectivity index (χ2v) is 11.9. The van der Waals surface area contributed by atoms with E-state index in [2.05, 4.69) is 0 Å². The van der Waals surface area contributed by atoms with Gasteiger partial charge in [0.1, 0.15) is 34.1 Å². The predicted octanol–water partition coefficient (Wildman–Crippen LogP) is 2.48. The number of phenols is 2. The van der Waals surface area contributed by atoms with E-state index in [1.165, 1.54) is 18.2 Å². The number of fused-ring (bicyclic) bond motifs is 2. The highest BCUT2D eigenvalue weighted by Gasteiger charge is 2.61. The number of ether oxygens (including phenoxy) is 6. The minimum atomic E-state index is -2.12. The Hall–Kier alpha value is -5.14. The Kier molecular flexibility index (Phi) is 7.21. The van der Waals surface area contributed by atoms with Crippen LogP contribution < -0.4 is 9.47 Å². The predicted molar refractivity (Wildman–Crippen MR) is 151 cm³/mol. The number of Topliss-reactive ketones (excluding diaryl/α,β-unsaturated/α-hetero) is 2. The molecule has 4 aliphatic heterocycles. The van der Waals surface area contributed by atoms with Crippen molar-refractivity contribution in [3.63, 3.8) is 0 Å². The van der Waals surface area contributed by atoms with Gasteiger partial charge in [0.2, 0.25) is 11.2 Å². The maximum Gasteiger partial charge on any atom is 0.354 e. The molecular formula is C32H30O14. The fraction of sp³-hybridized carbons (Fsp3) is 0.438. The van der Waals surface area contributed by atoms with E-state index in [9.17, 15) is 39.0 Å². The van der Waals surface area contributed by atoms with E-state index < -0.39 is 89.1 Å². The maximum atomic E-state index is 13.7. The number of carbonyl (C=O) groups excluding carboxylic acids is 6. The molecule has 0 amide bonds. The molecule has 2 fully saturated rings. The zero-order valence-corrected chi connectivity index (χ0v) is 25.3. The van der Waals surface area contributed by atoms with E-state index in [0.29, 0.717) is 0 Å². The maximum absolute atomic E-state index is 13.7. The number of aromatic hydroxyl groups is 2. The molecule has 5 unspecified atom stereocenters. The molecule has 2 saturated heterocycles. The highest BCUT2D eigenvalue weighted by Crippen LogP contribution is 2.53. The van der Waals surface area contributed by atoms with Crippen LogP contribution in [0.4, 0.5) is 0 Å². The van der Waals surface area contributed by atoms with Crippen LogP contribution in [0.2, 0.25) is 0 Å². The molecule has 4 aliphatic rings. The largest absolute Gasteiger partial charge is 0.507 e. The number of esters is 4. The summed E-state index contributed by atoms with van der Waals surface area (Å²) in [4.78, 5) is 77.8. The Bertz CT molecular complexity index is 1740. The van der Waals surface area contributed by atoms with Gasteiger partial charge in [-0.3, -0.25) is 19.2 Å². The molecule has 2 N–H and O–H groups in total. The van der Waals surface area contributed by atoms with Crippen LogP contribution in [0.5, 0.6) is 23.0 Å². The summed E-state index contributed by atoms with van der Waals surface area (Å²) in [5, 5.41) is 22.4. The third kappa shape index (κ3) is 4.37. The van der Waals surface area contributed by atoms with Gasteiger partial charge in [-0.25, -0.2) is 9.59 Å². The van der Waals surface area contributed by atoms with Gasteiger partial charge in [-0.15, -0.1) is 0 Å². The van der Waals surface area contributed by atoms with Crippen molar-refractivity contribution in [1.29, 1.82) is 0 Å². The lowest BCUT2D eigenvalue weighted by Gasteiger charge is -2.41. The lowest BCUT2D eigenvalue weighted by atomic mass is 9.79. The number of hydrogen-bond donors (Lipinski definition) is 2. The van der Waals surface area contributed by atoms with Crippen molar-refractivity contribution in [3.05, 3.63) is 34.9 Å². The fourth-order valence-electron chi connectivity index (χ4n) is 6.95. The highest BCUT2D eigenvalue weighted by atomic mass is 16.6. The van der Waals surface area contributed by atoms with E-state index >= 15 is 0 Å². The third-order valence-corrected chi connectivity index (χ3v) is 9.04. The van der Waals surface area contributed by atoms with Crippen molar-refractivity contribution < 1.29 is 67.4 Å². The summed E-state index contributed by atoms with van der Waals surface area (Å²) in [6.07, 6.45) is -3.51. The Morgan fingerprint density at radius 3 is 2.13 bits per heavy atom. The number of carbonyl (C=O) groups is 6. The second-order valence-electron chi connectivity index (χ2n) is 11.9. The summed E-state index contributed by atoms with van der Waals surface area (Å²) < 4.78 is 33.1. The van der Waals surface area contributed by atoms with E-state index in [-0.39, 0.29) is 58.6 Å². The summed E-state index contributed by atoms with van der Waals surface area (Å²) >= 11 is 0. The van der Waals surface area contributed by atoms with Crippen LogP contribution in [0, 0.1) is 12.8 Å². The highest BCUT2D eigenvalue weighted by molar-refractivity contribution is 6.11. The molecule has 242 valence electrons. The monoisotopic (exact) mass is 638 g/mol. The van der Waals surface area contributed by atoms with Gasteiger partial charge in [0.05, 0.1) is 33.5 Å². The number of ketones is 2. The number of phenolic OH excluding ortho intramolecular Hbond substituents is 2. The second kappa shape index (κ2) is 10.7. The van der Waals surface area contributed by atoms with Crippen molar-refractivity contribution in [2.24, 2.45) is 5.92 Å². The summed E-state index contributed by atoms with van der Waals surface area (Å²) in [7, 11) is 2.19. The Morgan fingerprint density at radius 2 is 1.52 bits per heavy atom. The lowest BCUT2D eigenvalue weighted by molar-refractivity contribution is -0.178. The number of benzene rings is 2. The number of methoxy groups -OCH3 is 2. The van der Waals surface area contributed by atoms with Gasteiger partial charge < -0.3 is 38.6 Å².